The van der Waals surface area contributed by atoms with E-state index in [9.17, 15) is 4.79 Å². The van der Waals surface area contributed by atoms with Crippen molar-refractivity contribution in [1.29, 1.82) is 0 Å². The maximum atomic E-state index is 13.0. The fourth-order valence-electron chi connectivity index (χ4n) is 3.73. The van der Waals surface area contributed by atoms with Gasteiger partial charge in [0.15, 0.2) is 0 Å². The van der Waals surface area contributed by atoms with E-state index in [0.29, 0.717) is 12.1 Å². The Morgan fingerprint density at radius 3 is 2.75 bits per heavy atom. The number of amides is 1. The molecule has 1 amide bonds. The number of benzene rings is 1. The van der Waals surface area contributed by atoms with E-state index in [1.165, 1.54) is 12.8 Å². The standard InChI is InChI=1S/C19H25NO4/c1-22-15-8-6-14(7-9-15)19(21)20-11-17(24-12-13-4-5-13)18-16(20)3-2-10-23-18/h6-9,13,16-18H,2-5,10-12H2,1H3/t16-,17+,18+/m0/s1. The molecule has 4 rings (SSSR count). The summed E-state index contributed by atoms with van der Waals surface area (Å²) in [5.74, 6) is 1.55. The van der Waals surface area contributed by atoms with Crippen molar-refractivity contribution < 1.29 is 19.0 Å². The highest BCUT2D eigenvalue weighted by Gasteiger charge is 2.47. The average Bonchev–Trinajstić information content (AvgIpc) is 3.40. The van der Waals surface area contributed by atoms with Crippen LogP contribution in [-0.4, -0.2) is 55.9 Å². The number of rotatable bonds is 5. The minimum absolute atomic E-state index is 0.0121. The van der Waals surface area contributed by atoms with Gasteiger partial charge in [0, 0.05) is 18.8 Å². The van der Waals surface area contributed by atoms with Crippen molar-refractivity contribution in [2.75, 3.05) is 26.9 Å². The Bertz CT molecular complexity index is 584. The SMILES string of the molecule is COc1ccc(C(=O)N2C[C@@H](OCC3CC3)[C@@H]3OCCC[C@@H]32)cc1. The first-order valence-electron chi connectivity index (χ1n) is 8.94. The van der Waals surface area contributed by atoms with Gasteiger partial charge >= 0.3 is 0 Å². The Labute approximate surface area is 142 Å². The van der Waals surface area contributed by atoms with E-state index >= 15 is 0 Å². The Morgan fingerprint density at radius 1 is 1.25 bits per heavy atom. The number of hydrogen-bond donors (Lipinski definition) is 0. The molecule has 130 valence electrons. The minimum Gasteiger partial charge on any atom is -0.497 e. The van der Waals surface area contributed by atoms with Gasteiger partial charge in [-0.25, -0.2) is 0 Å². The molecule has 0 N–H and O–H groups in total. The molecule has 3 fully saturated rings. The largest absolute Gasteiger partial charge is 0.497 e. The van der Waals surface area contributed by atoms with Gasteiger partial charge in [-0.15, -0.1) is 0 Å². The van der Waals surface area contributed by atoms with Crippen LogP contribution in [-0.2, 0) is 9.47 Å². The van der Waals surface area contributed by atoms with Crippen molar-refractivity contribution >= 4 is 5.91 Å². The molecule has 1 aromatic carbocycles. The van der Waals surface area contributed by atoms with E-state index in [2.05, 4.69) is 0 Å². The van der Waals surface area contributed by atoms with Gasteiger partial charge < -0.3 is 19.1 Å². The summed E-state index contributed by atoms with van der Waals surface area (Å²) >= 11 is 0. The van der Waals surface area contributed by atoms with Gasteiger partial charge in [0.2, 0.25) is 0 Å². The summed E-state index contributed by atoms with van der Waals surface area (Å²) < 4.78 is 17.3. The van der Waals surface area contributed by atoms with Crippen LogP contribution in [0.15, 0.2) is 24.3 Å². The Hall–Kier alpha value is -1.59. The number of likely N-dealkylation sites (tertiary alicyclic amines) is 1. The second-order valence-corrected chi connectivity index (χ2v) is 7.05. The number of fused-ring (bicyclic) bond motifs is 1. The molecule has 2 heterocycles. The lowest BCUT2D eigenvalue weighted by Gasteiger charge is -2.32. The molecule has 1 aliphatic carbocycles. The van der Waals surface area contributed by atoms with Gasteiger partial charge in [0.25, 0.3) is 5.91 Å². The molecule has 3 atom stereocenters. The molecule has 3 aliphatic rings. The van der Waals surface area contributed by atoms with Crippen molar-refractivity contribution in [3.8, 4) is 5.75 Å². The van der Waals surface area contributed by atoms with E-state index in [1.54, 1.807) is 7.11 Å². The van der Waals surface area contributed by atoms with Gasteiger partial charge in [0.1, 0.15) is 18.0 Å². The minimum atomic E-state index is 0.0121. The molecule has 5 heteroatoms. The summed E-state index contributed by atoms with van der Waals surface area (Å²) in [7, 11) is 1.63. The van der Waals surface area contributed by atoms with Crippen LogP contribution in [0.1, 0.15) is 36.0 Å². The van der Waals surface area contributed by atoms with Crippen molar-refractivity contribution in [2.24, 2.45) is 5.92 Å². The van der Waals surface area contributed by atoms with Crippen LogP contribution in [0, 0.1) is 5.92 Å². The Kier molecular flexibility index (Phi) is 4.46. The molecular formula is C19H25NO4. The van der Waals surface area contributed by atoms with E-state index in [-0.39, 0.29) is 24.2 Å². The van der Waals surface area contributed by atoms with Crippen LogP contribution < -0.4 is 4.74 Å². The predicted octanol–water partition coefficient (Wildman–Crippen LogP) is 2.49. The molecule has 0 radical (unpaired) electrons. The van der Waals surface area contributed by atoms with E-state index in [4.69, 9.17) is 14.2 Å². The highest BCUT2D eigenvalue weighted by atomic mass is 16.5. The zero-order chi connectivity index (χ0) is 16.5. The lowest BCUT2D eigenvalue weighted by atomic mass is 10.0. The third kappa shape index (κ3) is 3.15. The topological polar surface area (TPSA) is 48.0 Å². The number of nitrogens with zero attached hydrogens (tertiary/aromatic N) is 1. The van der Waals surface area contributed by atoms with Crippen molar-refractivity contribution in [1.82, 2.24) is 4.90 Å². The van der Waals surface area contributed by atoms with Gasteiger partial charge in [-0.1, -0.05) is 0 Å². The molecule has 5 nitrogen and oxygen atoms in total. The summed E-state index contributed by atoms with van der Waals surface area (Å²) in [6.45, 7) is 2.21. The highest BCUT2D eigenvalue weighted by molar-refractivity contribution is 5.94. The second kappa shape index (κ2) is 6.73. The van der Waals surface area contributed by atoms with Crippen LogP contribution in [0.4, 0.5) is 0 Å². The molecule has 1 saturated carbocycles. The molecule has 0 unspecified atom stereocenters. The molecule has 0 bridgehead atoms. The van der Waals surface area contributed by atoms with Crippen LogP contribution >= 0.6 is 0 Å². The van der Waals surface area contributed by atoms with Gasteiger partial charge in [-0.3, -0.25) is 4.79 Å². The third-order valence-electron chi connectivity index (χ3n) is 5.32. The quantitative estimate of drug-likeness (QED) is 0.832. The maximum Gasteiger partial charge on any atom is 0.254 e. The van der Waals surface area contributed by atoms with Gasteiger partial charge in [-0.05, 0) is 55.9 Å². The molecule has 2 saturated heterocycles. The monoisotopic (exact) mass is 331 g/mol. The number of hydrogen-bond acceptors (Lipinski definition) is 4. The predicted molar refractivity (Wildman–Crippen MR) is 89.3 cm³/mol. The van der Waals surface area contributed by atoms with Crippen LogP contribution in [0.3, 0.4) is 0 Å². The van der Waals surface area contributed by atoms with Crippen LogP contribution in [0.2, 0.25) is 0 Å². The molecule has 24 heavy (non-hydrogen) atoms. The number of ether oxygens (including phenoxy) is 3. The Morgan fingerprint density at radius 2 is 2.04 bits per heavy atom. The summed E-state index contributed by atoms with van der Waals surface area (Å²) in [4.78, 5) is 14.9. The fourth-order valence-corrected chi connectivity index (χ4v) is 3.73. The zero-order valence-electron chi connectivity index (χ0n) is 14.1. The Balaban J connectivity index is 1.48. The van der Waals surface area contributed by atoms with E-state index in [0.717, 1.165) is 37.7 Å². The smallest absolute Gasteiger partial charge is 0.254 e. The molecule has 1 aromatic rings. The normalized spacial score (nSPS) is 29.4. The van der Waals surface area contributed by atoms with E-state index < -0.39 is 0 Å². The summed E-state index contributed by atoms with van der Waals surface area (Å²) in [6.07, 6.45) is 4.59. The lowest BCUT2D eigenvalue weighted by molar-refractivity contribution is -0.0781. The second-order valence-electron chi connectivity index (χ2n) is 7.05. The van der Waals surface area contributed by atoms with Crippen molar-refractivity contribution in [3.63, 3.8) is 0 Å². The number of carbonyl (C=O) groups is 1. The highest BCUT2D eigenvalue weighted by Crippen LogP contribution is 2.34. The first-order chi connectivity index (χ1) is 11.8. The fraction of sp³-hybridized carbons (Fsp3) is 0.632. The summed E-state index contributed by atoms with van der Waals surface area (Å²) in [6, 6.07) is 7.46. The summed E-state index contributed by atoms with van der Waals surface area (Å²) in [5, 5.41) is 0. The lowest BCUT2D eigenvalue weighted by Crippen LogP contribution is -2.43. The average molecular weight is 331 g/mol. The zero-order valence-corrected chi connectivity index (χ0v) is 14.1. The number of methoxy groups -OCH3 is 1. The van der Waals surface area contributed by atoms with Crippen LogP contribution in [0.5, 0.6) is 5.75 Å². The maximum absolute atomic E-state index is 13.0. The first-order valence-corrected chi connectivity index (χ1v) is 8.94. The van der Waals surface area contributed by atoms with E-state index in [1.807, 2.05) is 29.2 Å². The molecule has 0 spiro atoms. The molecular weight excluding hydrogens is 306 g/mol. The molecule has 0 aromatic heterocycles. The third-order valence-corrected chi connectivity index (χ3v) is 5.32. The first kappa shape index (κ1) is 15.9. The summed E-state index contributed by atoms with van der Waals surface area (Å²) in [5.41, 5.74) is 0.697. The molecule has 2 aliphatic heterocycles. The van der Waals surface area contributed by atoms with Crippen LogP contribution in [0.25, 0.3) is 0 Å². The van der Waals surface area contributed by atoms with Gasteiger partial charge in [0.05, 0.1) is 19.7 Å². The van der Waals surface area contributed by atoms with Crippen molar-refractivity contribution in [3.05, 3.63) is 29.8 Å². The van der Waals surface area contributed by atoms with Gasteiger partial charge in [-0.2, -0.15) is 0 Å². The van der Waals surface area contributed by atoms with Crippen molar-refractivity contribution in [2.45, 2.75) is 43.9 Å². The number of carbonyl (C=O) groups excluding carboxylic acids is 1.